The summed E-state index contributed by atoms with van der Waals surface area (Å²) in [6.07, 6.45) is -5.95. The van der Waals surface area contributed by atoms with Crippen molar-refractivity contribution in [1.29, 1.82) is 0 Å². The summed E-state index contributed by atoms with van der Waals surface area (Å²) in [5.74, 6) is -0.881. The number of imidazole rings is 1. The molecule has 27 heteroatoms. The summed E-state index contributed by atoms with van der Waals surface area (Å²) < 4.78 is 61.1. The molecule has 48 heavy (non-hydrogen) atoms. The monoisotopic (exact) mass is 767 g/mol. The molecule has 9 N–H and O–H groups in total. The van der Waals surface area contributed by atoms with Crippen LogP contribution in [0.15, 0.2) is 12.7 Å². The van der Waals surface area contributed by atoms with Crippen LogP contribution in [0.3, 0.4) is 0 Å². The van der Waals surface area contributed by atoms with E-state index < -0.39 is 79.1 Å². The molecule has 2 aromatic rings. The Bertz CT molecular complexity index is 1550. The van der Waals surface area contributed by atoms with Gasteiger partial charge in [0.25, 0.3) is 0 Å². The van der Waals surface area contributed by atoms with E-state index in [2.05, 4.69) is 47.2 Å². The highest BCUT2D eigenvalue weighted by Crippen LogP contribution is 2.61. The van der Waals surface area contributed by atoms with E-state index in [-0.39, 0.29) is 35.9 Å². The van der Waals surface area contributed by atoms with Crippen LogP contribution < -0.4 is 16.4 Å². The summed E-state index contributed by atoms with van der Waals surface area (Å²) in [4.78, 5) is 69.9. The number of aliphatic hydroxyl groups excluding tert-OH is 2. The van der Waals surface area contributed by atoms with Gasteiger partial charge >= 0.3 is 23.9 Å². The first-order valence-electron chi connectivity index (χ1n) is 13.7. The Morgan fingerprint density at radius 2 is 1.88 bits per heavy atom. The number of rotatable bonds is 19. The number of ether oxygens (including phenoxy) is 1. The zero-order valence-electron chi connectivity index (χ0n) is 25.2. The minimum absolute atomic E-state index is 0.00201. The molecule has 0 radical (unpaired) electrons. The average molecular weight is 768 g/mol. The van der Waals surface area contributed by atoms with Crippen LogP contribution in [0.2, 0.25) is 0 Å². The molecule has 0 spiro atoms. The van der Waals surface area contributed by atoms with Gasteiger partial charge in [0.2, 0.25) is 11.8 Å². The lowest BCUT2D eigenvalue weighted by molar-refractivity contribution is -0.270. The van der Waals surface area contributed by atoms with Crippen LogP contribution in [0.25, 0.3) is 11.2 Å². The molecule has 0 saturated carbocycles. The highest BCUT2D eigenvalue weighted by Gasteiger charge is 2.49. The van der Waals surface area contributed by atoms with Crippen molar-refractivity contribution in [2.24, 2.45) is 5.41 Å². The maximum absolute atomic E-state index is 12.6. The van der Waals surface area contributed by atoms with Gasteiger partial charge in [0.05, 0.1) is 19.5 Å². The van der Waals surface area contributed by atoms with Crippen LogP contribution in [0, 0.1) is 5.41 Å². The predicted molar refractivity (Wildman–Crippen MR) is 164 cm³/mol. The van der Waals surface area contributed by atoms with E-state index in [1.54, 1.807) is 0 Å². The van der Waals surface area contributed by atoms with Gasteiger partial charge in [0.15, 0.2) is 23.8 Å². The number of anilines is 1. The quantitative estimate of drug-likeness (QED) is 0.0342. The van der Waals surface area contributed by atoms with E-state index >= 15 is 0 Å². The number of hydrogen-bond donors (Lipinski definition) is 9. The number of aliphatic hydroxyl groups is 2. The van der Waals surface area contributed by atoms with Gasteiger partial charge in [-0.3, -0.25) is 27.8 Å². The van der Waals surface area contributed by atoms with E-state index in [0.717, 1.165) is 6.33 Å². The first-order valence-corrected chi connectivity index (χ1v) is 18.6. The second-order valence-electron chi connectivity index (χ2n) is 10.6. The molecular weight excluding hydrogens is 731 g/mol. The lowest BCUT2D eigenvalue weighted by Crippen LogP contribution is -2.46. The molecule has 0 aromatic carbocycles. The fourth-order valence-electron chi connectivity index (χ4n) is 4.06. The fourth-order valence-corrected chi connectivity index (χ4v) is 6.62. The predicted octanol–water partition coefficient (Wildman–Crippen LogP) is -1.44. The van der Waals surface area contributed by atoms with Crippen LogP contribution >= 0.6 is 36.5 Å². The first kappa shape index (κ1) is 40.3. The Balaban J connectivity index is 1.59. The molecule has 0 bridgehead atoms. The highest BCUT2D eigenvalue weighted by atomic mass is 32.1. The van der Waals surface area contributed by atoms with Gasteiger partial charge in [-0.05, 0) is 0 Å². The summed E-state index contributed by atoms with van der Waals surface area (Å²) in [5, 5.41) is 26.2. The maximum atomic E-state index is 12.6. The third-order valence-electron chi connectivity index (χ3n) is 6.48. The van der Waals surface area contributed by atoms with Crippen molar-refractivity contribution in [3.8, 4) is 0 Å². The maximum Gasteiger partial charge on any atom is 0.481 e. The molecule has 272 valence electrons. The van der Waals surface area contributed by atoms with Gasteiger partial charge in [-0.2, -0.15) is 21.6 Å². The number of nitrogen functional groups attached to an aromatic ring is 1. The minimum Gasteiger partial charge on any atom is -0.385 e. The standard InChI is InChI=1S/C21H36N7O16P3S/c1-21(2,16(31)19(32)24-4-3-12(29)23-5-6-48)8-40-47(37,38)44-46(35,36)39-7-11-15(42-43-45(33)34)14(30)20(41-11)28-10-27-13-17(22)25-9-26-18(13)28/h9-11,14-16,20,30-31,45,48H,3-8H2,1-2H3,(H,23,29)(H,24,32)(H,33,34)(H,35,36)(H,37,38)(H2,22,25,26). The highest BCUT2D eigenvalue weighted by molar-refractivity contribution is 7.80. The number of hydrogen-bond acceptors (Lipinski definition) is 18. The zero-order chi connectivity index (χ0) is 35.9. The molecule has 2 amide bonds. The van der Waals surface area contributed by atoms with Crippen molar-refractivity contribution in [1.82, 2.24) is 30.2 Å². The second kappa shape index (κ2) is 17.2. The first-order chi connectivity index (χ1) is 22.4. The number of carbonyl (C=O) groups excluding carboxylic acids is 2. The van der Waals surface area contributed by atoms with Crippen LogP contribution in [0.5, 0.6) is 0 Å². The van der Waals surface area contributed by atoms with Crippen molar-refractivity contribution in [3.05, 3.63) is 12.7 Å². The van der Waals surface area contributed by atoms with Crippen molar-refractivity contribution in [3.63, 3.8) is 0 Å². The Morgan fingerprint density at radius 1 is 1.19 bits per heavy atom. The largest absolute Gasteiger partial charge is 0.481 e. The number of phosphoric acid groups is 2. The third kappa shape index (κ3) is 11.2. The lowest BCUT2D eigenvalue weighted by atomic mass is 9.87. The van der Waals surface area contributed by atoms with E-state index in [1.807, 2.05) is 0 Å². The van der Waals surface area contributed by atoms with Gasteiger partial charge in [-0.15, -0.1) is 0 Å². The number of carbonyl (C=O) groups is 2. The molecule has 0 aliphatic carbocycles. The number of fused-ring (bicyclic) bond motifs is 1. The number of aromatic nitrogens is 4. The van der Waals surface area contributed by atoms with Crippen molar-refractivity contribution < 1.29 is 75.8 Å². The van der Waals surface area contributed by atoms with Crippen LogP contribution in [-0.4, -0.2) is 113 Å². The van der Waals surface area contributed by atoms with Gasteiger partial charge in [-0.25, -0.2) is 29.0 Å². The molecule has 3 heterocycles. The fraction of sp³-hybridized carbons (Fsp3) is 0.667. The van der Waals surface area contributed by atoms with Gasteiger partial charge in [0.1, 0.15) is 30.2 Å². The minimum atomic E-state index is -5.48. The van der Waals surface area contributed by atoms with Crippen molar-refractivity contribution in [2.45, 2.75) is 50.9 Å². The Labute approximate surface area is 278 Å². The number of nitrogens with one attached hydrogen (secondary N) is 2. The zero-order valence-corrected chi connectivity index (χ0v) is 28.9. The number of nitrogens with two attached hydrogens (primary N) is 1. The van der Waals surface area contributed by atoms with Gasteiger partial charge in [0, 0.05) is 30.7 Å². The van der Waals surface area contributed by atoms with Crippen LogP contribution in [0.4, 0.5) is 5.82 Å². The third-order valence-corrected chi connectivity index (χ3v) is 9.53. The van der Waals surface area contributed by atoms with E-state index in [1.165, 1.54) is 24.7 Å². The summed E-state index contributed by atoms with van der Waals surface area (Å²) in [7, 11) is -14.6. The topological polar surface area (TPSA) is 336 Å². The molecule has 1 aliphatic rings. The summed E-state index contributed by atoms with van der Waals surface area (Å²) >= 11 is 3.95. The Morgan fingerprint density at radius 3 is 2.54 bits per heavy atom. The summed E-state index contributed by atoms with van der Waals surface area (Å²) in [6, 6.07) is 0. The smallest absolute Gasteiger partial charge is 0.385 e. The number of nitrogens with zero attached hydrogens (tertiary/aromatic N) is 4. The molecular formula is C21H36N7O16P3S. The molecule has 8 atom stereocenters. The van der Waals surface area contributed by atoms with Gasteiger partial charge in [-0.1, -0.05) is 13.8 Å². The summed E-state index contributed by atoms with van der Waals surface area (Å²) in [6.45, 7) is 0.903. The molecule has 2 aromatic heterocycles. The van der Waals surface area contributed by atoms with Crippen molar-refractivity contribution >= 4 is 65.3 Å². The van der Waals surface area contributed by atoms with Gasteiger partial charge < -0.3 is 46.0 Å². The Hall–Kier alpha value is -2.11. The number of phosphoric ester groups is 2. The summed E-state index contributed by atoms with van der Waals surface area (Å²) in [5.41, 5.74) is 4.44. The average Bonchev–Trinajstić information content (AvgIpc) is 3.57. The number of amides is 2. The van der Waals surface area contributed by atoms with E-state index in [0.29, 0.717) is 12.3 Å². The normalized spacial score (nSPS) is 23.7. The molecule has 23 nitrogen and oxygen atoms in total. The molecule has 3 rings (SSSR count). The van der Waals surface area contributed by atoms with Crippen LogP contribution in [-0.2, 0) is 50.9 Å². The molecule has 1 fully saturated rings. The lowest BCUT2D eigenvalue weighted by Gasteiger charge is -2.30. The van der Waals surface area contributed by atoms with Crippen molar-refractivity contribution in [2.75, 3.05) is 37.8 Å². The van der Waals surface area contributed by atoms with E-state index in [9.17, 15) is 43.3 Å². The SMILES string of the molecule is CC(C)(COP(=O)(O)OP(=O)(O)OCC1OC(n2cnc3c(N)ncnc32)C(O)C1OO[PH](=O)O)C(O)C(=O)NCCC(=O)NCCS. The van der Waals surface area contributed by atoms with Crippen LogP contribution in [0.1, 0.15) is 26.5 Å². The van der Waals surface area contributed by atoms with E-state index in [4.69, 9.17) is 29.3 Å². The molecule has 8 unspecified atom stereocenters. The Kier molecular flexibility index (Phi) is 14.5. The number of thiol groups is 1. The molecule has 1 saturated heterocycles. The molecule has 1 aliphatic heterocycles. The second-order valence-corrected chi connectivity index (χ2v) is 14.8.